The van der Waals surface area contributed by atoms with Crippen LogP contribution in [0.15, 0.2) is 97.1 Å². The highest BCUT2D eigenvalue weighted by molar-refractivity contribution is 6.14. The number of halogens is 1. The second kappa shape index (κ2) is 28.7. The molecular weight excluding hydrogens is 1180 g/mol. The summed E-state index contributed by atoms with van der Waals surface area (Å²) < 4.78 is 7.15. The third-order valence-corrected chi connectivity index (χ3v) is 19.0. The van der Waals surface area contributed by atoms with E-state index in [9.17, 15) is 28.8 Å². The van der Waals surface area contributed by atoms with E-state index in [1.54, 1.807) is 41.7 Å². The van der Waals surface area contributed by atoms with E-state index in [2.05, 4.69) is 42.5 Å². The lowest BCUT2D eigenvalue weighted by atomic mass is 9.85. The lowest BCUT2D eigenvalue weighted by molar-refractivity contribution is -0.144. The number of carbonyl (C=O) groups is 9. The molecule has 8 N–H and O–H groups in total. The molecule has 0 bridgehead atoms. The molecule has 5 aliphatic rings. The van der Waals surface area contributed by atoms with Gasteiger partial charge >= 0.3 is 6.09 Å². The minimum Gasteiger partial charge on any atom is -0.449 e. The molecule has 2 fully saturated rings. The largest absolute Gasteiger partial charge is 0.449 e. The van der Waals surface area contributed by atoms with Crippen LogP contribution in [0.4, 0.5) is 4.79 Å². The summed E-state index contributed by atoms with van der Waals surface area (Å²) in [6, 6.07) is 21.5. The molecule has 488 valence electrons. The number of likely N-dealkylation sites (tertiary alicyclic amines) is 2. The zero-order chi connectivity index (χ0) is 65.6. The molecule has 22 heteroatoms. The molecular formula is C69H90ClN11O10. The molecule has 3 aliphatic carbocycles. The number of hydrogen-bond acceptors (Lipinski definition) is 12. The van der Waals surface area contributed by atoms with E-state index in [-0.39, 0.29) is 50.5 Å². The lowest BCUT2D eigenvalue weighted by Gasteiger charge is -2.36. The van der Waals surface area contributed by atoms with Crippen LogP contribution < -0.4 is 42.5 Å². The third kappa shape index (κ3) is 15.7. The van der Waals surface area contributed by atoms with Gasteiger partial charge in [-0.25, -0.2) is 9.21 Å². The summed E-state index contributed by atoms with van der Waals surface area (Å²) in [5.41, 5.74) is 6.40. The summed E-state index contributed by atoms with van der Waals surface area (Å²) in [7, 11) is 3.16. The Morgan fingerprint density at radius 2 is 1.02 bits per heavy atom. The molecule has 2 aliphatic heterocycles. The number of carbonyl (C=O) groups excluding carboxylic acids is 9. The maximum absolute atomic E-state index is 15.1. The molecule has 0 unspecified atom stereocenters. The summed E-state index contributed by atoms with van der Waals surface area (Å²) in [5, 5.41) is 23.7. The molecule has 0 saturated carbocycles. The molecule has 9 rings (SSSR count). The maximum atomic E-state index is 15.1. The van der Waals surface area contributed by atoms with Gasteiger partial charge in [0.05, 0.1) is 24.5 Å². The minimum absolute atomic E-state index is 0.0360. The zero-order valence-corrected chi connectivity index (χ0v) is 54.7. The molecule has 0 aromatic heterocycles. The highest BCUT2D eigenvalue weighted by Crippen LogP contribution is 2.45. The van der Waals surface area contributed by atoms with Crippen molar-refractivity contribution < 1.29 is 47.9 Å². The van der Waals surface area contributed by atoms with Gasteiger partial charge in [-0.15, -0.1) is 0 Å². The average molecular weight is 1270 g/mol. The number of likely N-dealkylation sites (N-methyl/N-ethyl adjacent to an activating group) is 2. The molecule has 2 heterocycles. The van der Waals surface area contributed by atoms with Crippen LogP contribution in [0, 0.1) is 10.8 Å². The van der Waals surface area contributed by atoms with Crippen molar-refractivity contribution in [3.05, 3.63) is 130 Å². The van der Waals surface area contributed by atoms with Gasteiger partial charge in [0.15, 0.2) is 0 Å². The Kier molecular flexibility index (Phi) is 21.3. The van der Waals surface area contributed by atoms with Crippen LogP contribution in [-0.4, -0.2) is 156 Å². The van der Waals surface area contributed by atoms with Crippen LogP contribution in [0.5, 0.6) is 0 Å². The molecule has 0 radical (unpaired) electrons. The van der Waals surface area contributed by atoms with Gasteiger partial charge in [0.1, 0.15) is 42.9 Å². The van der Waals surface area contributed by atoms with Crippen LogP contribution in [0.2, 0.25) is 0 Å². The number of nitrogens with one attached hydrogen (secondary N) is 8. The van der Waals surface area contributed by atoms with Crippen LogP contribution in [0.25, 0.3) is 11.1 Å². The summed E-state index contributed by atoms with van der Waals surface area (Å²) in [4.78, 5) is 134. The van der Waals surface area contributed by atoms with Gasteiger partial charge in [-0.2, -0.15) is 0 Å². The molecule has 2 saturated heterocycles. The van der Waals surface area contributed by atoms with E-state index in [1.807, 2.05) is 118 Å². The zero-order valence-electron chi connectivity index (χ0n) is 54.0. The molecule has 91 heavy (non-hydrogen) atoms. The van der Waals surface area contributed by atoms with Crippen LogP contribution >= 0.6 is 11.8 Å². The van der Waals surface area contributed by atoms with Gasteiger partial charge < -0.3 is 57.1 Å². The van der Waals surface area contributed by atoms with Gasteiger partial charge in [0.25, 0.3) is 0 Å². The summed E-state index contributed by atoms with van der Waals surface area (Å²) in [6.07, 6.45) is 2.95. The van der Waals surface area contributed by atoms with Crippen molar-refractivity contribution in [2.45, 2.75) is 186 Å². The maximum Gasteiger partial charge on any atom is 0.407 e. The van der Waals surface area contributed by atoms with E-state index < -0.39 is 125 Å². The molecule has 4 aromatic rings. The standard InChI is InChI=1S/C69H90ClN11O10/c1-39(71-9)60(83)77-58(68(3,4)5)65(88)81-37-44(34-56(81)64(87)75-53-32-20-24-42-22-12-14-26-46(42)53)73-62(85)54(76-67(90)91-38-51-49-29-17-15-27-47(49)48-28-16-18-30-50(48)51)35-57(82)72-43-33-55(63(86)74-52-31-19-23-41-21-11-13-25-45(41)52)80(36-43)66(89)59(69(6,7)8)78-61(84)40(2)79(10)70/h11-18,21-22,25-30,39-40,43-44,51-56,58-59,71H,19-20,23-24,31-38H2,1-10H3,(H,72,82)(H,73,85)(H,74,86)(H,75,87)(H,76,90)(H,77,83)(H,78,84)/t39-,40-,43-,44-,52+,53+,54-,55-,56-,58+,59+/m0/s1. The Hall–Kier alpha value is -7.88. The highest BCUT2D eigenvalue weighted by Gasteiger charge is 2.49. The fourth-order valence-electron chi connectivity index (χ4n) is 13.4. The third-order valence-electron chi connectivity index (χ3n) is 18.7. The smallest absolute Gasteiger partial charge is 0.407 e. The second-order valence-electron chi connectivity index (χ2n) is 27.3. The fourth-order valence-corrected chi connectivity index (χ4v) is 13.5. The Morgan fingerprint density at radius 3 is 1.48 bits per heavy atom. The molecule has 9 amide bonds. The minimum atomic E-state index is -1.61. The van der Waals surface area contributed by atoms with Gasteiger partial charge in [0, 0.05) is 38.1 Å². The van der Waals surface area contributed by atoms with Gasteiger partial charge in [0.2, 0.25) is 47.3 Å². The molecule has 21 nitrogen and oxygen atoms in total. The number of nitrogens with zero attached hydrogens (tertiary/aromatic N) is 3. The van der Waals surface area contributed by atoms with Crippen molar-refractivity contribution >= 4 is 65.1 Å². The first-order valence-electron chi connectivity index (χ1n) is 32.0. The number of benzene rings is 4. The fraction of sp³-hybridized carbons (Fsp3) is 0.522. The summed E-state index contributed by atoms with van der Waals surface area (Å²) in [6.45, 7) is 13.7. The van der Waals surface area contributed by atoms with Crippen molar-refractivity contribution in [1.82, 2.24) is 56.8 Å². The topological polar surface area (TPSA) is 269 Å². The monoisotopic (exact) mass is 1270 g/mol. The van der Waals surface area contributed by atoms with Crippen molar-refractivity contribution in [2.24, 2.45) is 10.8 Å². The predicted octanol–water partition coefficient (Wildman–Crippen LogP) is 5.99. The molecule has 0 spiro atoms. The first-order chi connectivity index (χ1) is 43.2. The number of ether oxygens (including phenoxy) is 1. The Balaban J connectivity index is 0.984. The second-order valence-corrected chi connectivity index (χ2v) is 27.8. The number of amides is 9. The Bertz CT molecular complexity index is 3340. The van der Waals surface area contributed by atoms with E-state index in [0.29, 0.717) is 12.8 Å². The molecule has 4 aromatic carbocycles. The predicted molar refractivity (Wildman–Crippen MR) is 346 cm³/mol. The Labute approximate surface area is 539 Å². The average Bonchev–Trinajstić information content (AvgIpc) is 1.66. The number of rotatable bonds is 20. The Morgan fingerprint density at radius 1 is 0.582 bits per heavy atom. The number of fused-ring (bicyclic) bond motifs is 5. The van der Waals surface area contributed by atoms with Gasteiger partial charge in [-0.1, -0.05) is 139 Å². The van der Waals surface area contributed by atoms with Gasteiger partial charge in [-0.3, -0.25) is 38.4 Å². The number of alkyl carbamates (subject to hydrolysis) is 1. The van der Waals surface area contributed by atoms with E-state index in [0.717, 1.165) is 70.2 Å². The SMILES string of the molecule is CN[C@@H](C)C(=O)N[C@H](C(=O)N1C[C@@H](NC(=O)[C@H](CC(=O)N[C@H]2C[C@@H](C(=O)N[C@@H]3CCCc4ccccc43)N(C(=O)[C@@H](NC(=O)[C@H](C)N(C)Cl)C(C)(C)C)C2)NC(=O)OCC2c3ccccc3-c3ccccc32)C[C@H]1C(=O)N[C@@H]1CCCc2ccccc21)C(C)(C)C. The lowest BCUT2D eigenvalue weighted by Crippen LogP contribution is -2.59. The van der Waals surface area contributed by atoms with E-state index >= 15 is 14.4 Å². The normalized spacial score (nSPS) is 21.9. The van der Waals surface area contributed by atoms with E-state index in [1.165, 1.54) is 21.3 Å². The van der Waals surface area contributed by atoms with Gasteiger partial charge in [-0.05, 0) is 139 Å². The molecule has 11 atom stereocenters. The first kappa shape index (κ1) is 67.5. The van der Waals surface area contributed by atoms with E-state index in [4.69, 9.17) is 16.5 Å². The van der Waals surface area contributed by atoms with Crippen LogP contribution in [-0.2, 0) is 55.9 Å². The summed E-state index contributed by atoms with van der Waals surface area (Å²) >= 11 is 6.20. The van der Waals surface area contributed by atoms with Crippen molar-refractivity contribution in [3.8, 4) is 11.1 Å². The van der Waals surface area contributed by atoms with Crippen LogP contribution in [0.3, 0.4) is 0 Å². The highest BCUT2D eigenvalue weighted by atomic mass is 35.5. The van der Waals surface area contributed by atoms with Crippen molar-refractivity contribution in [1.29, 1.82) is 0 Å². The number of hydrogen-bond donors (Lipinski definition) is 8. The number of aryl methyl sites for hydroxylation is 2. The first-order valence-corrected chi connectivity index (χ1v) is 32.3. The van der Waals surface area contributed by atoms with Crippen molar-refractivity contribution in [3.63, 3.8) is 0 Å². The van der Waals surface area contributed by atoms with Crippen LogP contribution in [0.1, 0.15) is 152 Å². The summed E-state index contributed by atoms with van der Waals surface area (Å²) in [5.74, 6) is -4.80. The quantitative estimate of drug-likeness (QED) is 0.0475. The van der Waals surface area contributed by atoms with Crippen molar-refractivity contribution in [2.75, 3.05) is 33.8 Å².